The van der Waals surface area contributed by atoms with Crippen LogP contribution in [-0.2, 0) is 4.79 Å². The van der Waals surface area contributed by atoms with E-state index in [0.29, 0.717) is 15.0 Å². The van der Waals surface area contributed by atoms with Crippen LogP contribution in [0.3, 0.4) is 0 Å². The number of amides is 1. The molecule has 54 valence electrons. The molecule has 0 spiro atoms. The number of primary amides is 1. The van der Waals surface area contributed by atoms with Gasteiger partial charge in [-0.1, -0.05) is 0 Å². The molecule has 0 aromatic rings. The average molecular weight is 194 g/mol. The van der Waals surface area contributed by atoms with Crippen LogP contribution < -0.4 is 5.73 Å². The van der Waals surface area contributed by atoms with Crippen LogP contribution >= 0.6 is 0 Å². The number of nitrogens with two attached hydrogens (primary N) is 1. The summed E-state index contributed by atoms with van der Waals surface area (Å²) in [6.07, 6.45) is 0. The van der Waals surface area contributed by atoms with Crippen molar-refractivity contribution in [1.29, 1.82) is 0 Å². The van der Waals surface area contributed by atoms with Gasteiger partial charge >= 0.3 is 61.8 Å². The second kappa shape index (κ2) is 3.23. The Bertz CT molecular complexity index is 112. The molecule has 0 rings (SSSR count). The second-order valence-electron chi connectivity index (χ2n) is 2.68. The molecule has 3 heteroatoms. The van der Waals surface area contributed by atoms with Crippen molar-refractivity contribution in [2.45, 2.75) is 25.0 Å². The maximum atomic E-state index is 10.6. The molecule has 2 nitrogen and oxygen atoms in total. The van der Waals surface area contributed by atoms with Crippen LogP contribution in [0.1, 0.15) is 13.8 Å². The SMILES string of the molecule is C[Se]CC(C)(C)C(N)=O. The van der Waals surface area contributed by atoms with Gasteiger partial charge in [0.2, 0.25) is 0 Å². The van der Waals surface area contributed by atoms with E-state index in [-0.39, 0.29) is 11.3 Å². The second-order valence-corrected chi connectivity index (χ2v) is 4.50. The van der Waals surface area contributed by atoms with Crippen LogP contribution in [0.4, 0.5) is 0 Å². The quantitative estimate of drug-likeness (QED) is 0.659. The number of carbonyl (C=O) groups is 1. The van der Waals surface area contributed by atoms with Crippen molar-refractivity contribution in [2.24, 2.45) is 11.1 Å². The molecule has 1 amide bonds. The van der Waals surface area contributed by atoms with E-state index in [0.717, 1.165) is 5.32 Å². The van der Waals surface area contributed by atoms with Gasteiger partial charge in [0, 0.05) is 0 Å². The Morgan fingerprint density at radius 2 is 2.11 bits per heavy atom. The van der Waals surface area contributed by atoms with E-state index in [2.05, 4.69) is 5.82 Å². The summed E-state index contributed by atoms with van der Waals surface area (Å²) in [4.78, 5) is 10.6. The summed E-state index contributed by atoms with van der Waals surface area (Å²) in [5.41, 5.74) is 4.84. The molecule has 0 aliphatic heterocycles. The van der Waals surface area contributed by atoms with Crippen molar-refractivity contribution >= 4 is 20.9 Å². The van der Waals surface area contributed by atoms with Crippen molar-refractivity contribution in [3.05, 3.63) is 0 Å². The minimum absolute atomic E-state index is 0.189. The fourth-order valence-electron chi connectivity index (χ4n) is 0.432. The molecule has 0 radical (unpaired) electrons. The first-order valence-corrected chi connectivity index (χ1v) is 5.72. The zero-order valence-corrected chi connectivity index (χ0v) is 7.81. The van der Waals surface area contributed by atoms with Gasteiger partial charge in [0.25, 0.3) is 0 Å². The molecule has 0 aromatic carbocycles. The van der Waals surface area contributed by atoms with Crippen LogP contribution in [-0.4, -0.2) is 20.9 Å². The Morgan fingerprint density at radius 3 is 2.22 bits per heavy atom. The van der Waals surface area contributed by atoms with Crippen molar-refractivity contribution in [2.75, 3.05) is 0 Å². The van der Waals surface area contributed by atoms with E-state index in [1.54, 1.807) is 0 Å². The molecule has 0 aliphatic carbocycles. The van der Waals surface area contributed by atoms with E-state index in [4.69, 9.17) is 5.73 Å². The Labute approximate surface area is 62.3 Å². The van der Waals surface area contributed by atoms with Gasteiger partial charge in [0.15, 0.2) is 0 Å². The summed E-state index contributed by atoms with van der Waals surface area (Å²) in [6, 6.07) is 0. The molecule has 0 atom stereocenters. The van der Waals surface area contributed by atoms with Crippen LogP contribution in [0.5, 0.6) is 0 Å². The van der Waals surface area contributed by atoms with E-state index in [1.807, 2.05) is 13.8 Å². The standard InChI is InChI=1S/C6H13NOSe/c1-6(2,4-9-3)5(7)8/h4H2,1-3H3,(H2,7,8). The van der Waals surface area contributed by atoms with Crippen molar-refractivity contribution < 1.29 is 4.79 Å². The number of hydrogen-bond acceptors (Lipinski definition) is 1. The van der Waals surface area contributed by atoms with Crippen molar-refractivity contribution in [1.82, 2.24) is 0 Å². The van der Waals surface area contributed by atoms with Gasteiger partial charge in [-0.2, -0.15) is 0 Å². The fourth-order valence-corrected chi connectivity index (χ4v) is 2.24. The Kier molecular flexibility index (Phi) is 3.23. The zero-order valence-electron chi connectivity index (χ0n) is 6.10. The van der Waals surface area contributed by atoms with Gasteiger partial charge in [0.1, 0.15) is 0 Å². The number of carbonyl (C=O) groups excluding carboxylic acids is 1. The van der Waals surface area contributed by atoms with Gasteiger partial charge in [-0.25, -0.2) is 0 Å². The minimum atomic E-state index is -0.283. The van der Waals surface area contributed by atoms with Gasteiger partial charge in [-0.3, -0.25) is 0 Å². The first kappa shape index (κ1) is 8.99. The van der Waals surface area contributed by atoms with E-state index >= 15 is 0 Å². The van der Waals surface area contributed by atoms with Crippen molar-refractivity contribution in [3.8, 4) is 0 Å². The Balaban J connectivity index is 3.85. The van der Waals surface area contributed by atoms with Crippen LogP contribution in [0.15, 0.2) is 0 Å². The third-order valence-electron chi connectivity index (χ3n) is 1.17. The molecular weight excluding hydrogens is 181 g/mol. The molecule has 2 N–H and O–H groups in total. The molecule has 0 saturated heterocycles. The van der Waals surface area contributed by atoms with Crippen LogP contribution in [0.25, 0.3) is 0 Å². The third kappa shape index (κ3) is 2.87. The van der Waals surface area contributed by atoms with E-state index in [9.17, 15) is 4.79 Å². The third-order valence-corrected chi connectivity index (χ3v) is 3.29. The molecule has 0 bridgehead atoms. The van der Waals surface area contributed by atoms with Gasteiger partial charge in [-0.05, 0) is 0 Å². The zero-order chi connectivity index (χ0) is 7.49. The molecule has 0 aliphatic rings. The van der Waals surface area contributed by atoms with Crippen molar-refractivity contribution in [3.63, 3.8) is 0 Å². The summed E-state index contributed by atoms with van der Waals surface area (Å²) in [7, 11) is 0. The van der Waals surface area contributed by atoms with E-state index in [1.165, 1.54) is 0 Å². The molecule has 9 heavy (non-hydrogen) atoms. The summed E-state index contributed by atoms with van der Waals surface area (Å²) in [5.74, 6) is 1.92. The van der Waals surface area contributed by atoms with Gasteiger partial charge in [-0.15, -0.1) is 0 Å². The number of hydrogen-bond donors (Lipinski definition) is 1. The molecule has 0 unspecified atom stereocenters. The molecule has 0 saturated carbocycles. The average Bonchev–Trinajstić information content (AvgIpc) is 1.65. The van der Waals surface area contributed by atoms with Gasteiger partial charge in [0.05, 0.1) is 0 Å². The number of rotatable bonds is 3. The molecule has 0 heterocycles. The topological polar surface area (TPSA) is 43.1 Å². The van der Waals surface area contributed by atoms with Gasteiger partial charge < -0.3 is 0 Å². The summed E-state index contributed by atoms with van der Waals surface area (Å²) < 4.78 is 0. The van der Waals surface area contributed by atoms with Crippen LogP contribution in [0, 0.1) is 5.41 Å². The summed E-state index contributed by atoms with van der Waals surface area (Å²) in [5, 5.41) is 0.940. The predicted molar refractivity (Wildman–Crippen MR) is 39.4 cm³/mol. The fraction of sp³-hybridized carbons (Fsp3) is 0.833. The Morgan fingerprint density at radius 1 is 1.67 bits per heavy atom. The first-order chi connectivity index (χ1) is 4.00. The summed E-state index contributed by atoms with van der Waals surface area (Å²) in [6.45, 7) is 3.78. The summed E-state index contributed by atoms with van der Waals surface area (Å²) >= 11 is 0.540. The normalized spacial score (nSPS) is 11.4. The predicted octanol–water partition coefficient (Wildman–Crippen LogP) is 0.668. The van der Waals surface area contributed by atoms with Crippen LogP contribution in [0.2, 0.25) is 11.1 Å². The molecule has 0 fully saturated rings. The molecule has 0 aromatic heterocycles. The van der Waals surface area contributed by atoms with E-state index < -0.39 is 0 Å². The molecular formula is C6H13NOSe. The monoisotopic (exact) mass is 195 g/mol. The first-order valence-electron chi connectivity index (χ1n) is 2.79. The Hall–Kier alpha value is -0.0105. The maximum absolute atomic E-state index is 10.6.